The molecule has 0 saturated heterocycles. The van der Waals surface area contributed by atoms with Crippen LogP contribution in [0.5, 0.6) is 0 Å². The van der Waals surface area contributed by atoms with E-state index in [4.69, 9.17) is 0 Å². The van der Waals surface area contributed by atoms with Crippen molar-refractivity contribution in [2.45, 2.75) is 6.54 Å². The molecule has 0 aliphatic heterocycles. The Labute approximate surface area is 167 Å². The van der Waals surface area contributed by atoms with Gasteiger partial charge in [0.25, 0.3) is 0 Å². The van der Waals surface area contributed by atoms with Crippen molar-refractivity contribution in [2.24, 2.45) is 0 Å². The fraction of sp³-hybridized carbons (Fsp3) is 0.0526. The molecule has 0 radical (unpaired) electrons. The van der Waals surface area contributed by atoms with E-state index in [0.717, 1.165) is 37.0 Å². The van der Waals surface area contributed by atoms with Crippen LogP contribution in [0.4, 0.5) is 17.1 Å². The van der Waals surface area contributed by atoms with Gasteiger partial charge < -0.3 is 10.6 Å². The number of anilines is 3. The zero-order valence-electron chi connectivity index (χ0n) is 12.7. The average molecular weight is 511 g/mol. The third kappa shape index (κ3) is 4.85. The van der Waals surface area contributed by atoms with Crippen molar-refractivity contribution in [3.05, 3.63) is 85.7 Å². The number of halogens is 3. The van der Waals surface area contributed by atoms with E-state index in [2.05, 4.69) is 94.8 Å². The first kappa shape index (κ1) is 17.5. The fourth-order valence-electron chi connectivity index (χ4n) is 2.26. The number of hydrogen-bond acceptors (Lipinski definition) is 2. The molecular weight excluding hydrogens is 496 g/mol. The van der Waals surface area contributed by atoms with Crippen molar-refractivity contribution in [1.82, 2.24) is 0 Å². The van der Waals surface area contributed by atoms with E-state index in [1.807, 2.05) is 30.3 Å². The minimum Gasteiger partial charge on any atom is -0.379 e. The highest BCUT2D eigenvalue weighted by molar-refractivity contribution is 9.11. The van der Waals surface area contributed by atoms with Crippen molar-refractivity contribution < 1.29 is 0 Å². The van der Waals surface area contributed by atoms with Gasteiger partial charge in [-0.2, -0.15) is 0 Å². The van der Waals surface area contributed by atoms with Gasteiger partial charge in [0.1, 0.15) is 0 Å². The summed E-state index contributed by atoms with van der Waals surface area (Å²) in [6.45, 7) is 0.763. The second-order valence-corrected chi connectivity index (χ2v) is 8.05. The second-order valence-electron chi connectivity index (χ2n) is 5.30. The molecule has 5 heteroatoms. The lowest BCUT2D eigenvalue weighted by Gasteiger charge is -2.15. The molecule has 122 valence electrons. The molecule has 0 bridgehead atoms. The maximum Gasteiger partial charge on any atom is 0.0620 e. The fourth-order valence-corrected chi connectivity index (χ4v) is 3.15. The van der Waals surface area contributed by atoms with E-state index in [1.54, 1.807) is 0 Å². The summed E-state index contributed by atoms with van der Waals surface area (Å²) >= 11 is 10.5. The van der Waals surface area contributed by atoms with Crippen molar-refractivity contribution in [1.29, 1.82) is 0 Å². The Morgan fingerprint density at radius 2 is 1.21 bits per heavy atom. The molecule has 24 heavy (non-hydrogen) atoms. The Hall–Kier alpha value is -1.30. The molecule has 0 spiro atoms. The molecule has 3 rings (SSSR count). The Bertz CT molecular complexity index is 815. The number of hydrogen-bond donors (Lipinski definition) is 2. The van der Waals surface area contributed by atoms with E-state index in [9.17, 15) is 0 Å². The molecular formula is C19H15Br3N2. The molecule has 0 aliphatic carbocycles. The van der Waals surface area contributed by atoms with E-state index in [-0.39, 0.29) is 0 Å². The standard InChI is InChI=1S/C19H15Br3N2/c20-14-3-1-13(2-4-14)12-23-19-11-16(22)7-10-18(19)24-17-8-5-15(21)6-9-17/h1-11,23-24H,12H2. The van der Waals surface area contributed by atoms with Gasteiger partial charge in [0.05, 0.1) is 11.4 Å². The highest BCUT2D eigenvalue weighted by Crippen LogP contribution is 2.30. The number of benzene rings is 3. The second kappa shape index (κ2) is 8.19. The summed E-state index contributed by atoms with van der Waals surface area (Å²) in [5.41, 5.74) is 4.37. The molecule has 0 fully saturated rings. The third-order valence-corrected chi connectivity index (χ3v) is 5.05. The Balaban J connectivity index is 1.77. The van der Waals surface area contributed by atoms with E-state index < -0.39 is 0 Å². The molecule has 0 amide bonds. The van der Waals surface area contributed by atoms with E-state index >= 15 is 0 Å². The van der Waals surface area contributed by atoms with Gasteiger partial charge >= 0.3 is 0 Å². The Morgan fingerprint density at radius 1 is 0.625 bits per heavy atom. The minimum atomic E-state index is 0.763. The Morgan fingerprint density at radius 3 is 1.88 bits per heavy atom. The quantitative estimate of drug-likeness (QED) is 0.375. The SMILES string of the molecule is Brc1ccc(CNc2cc(Br)ccc2Nc2ccc(Br)cc2)cc1. The van der Waals surface area contributed by atoms with Gasteiger partial charge in [-0.1, -0.05) is 59.9 Å². The smallest absolute Gasteiger partial charge is 0.0620 e. The van der Waals surface area contributed by atoms with Crippen LogP contribution in [-0.2, 0) is 6.54 Å². The number of nitrogens with one attached hydrogen (secondary N) is 2. The van der Waals surface area contributed by atoms with Crippen molar-refractivity contribution in [3.8, 4) is 0 Å². The van der Waals surface area contributed by atoms with Crippen LogP contribution in [0.3, 0.4) is 0 Å². The molecule has 0 heterocycles. The van der Waals surface area contributed by atoms with Gasteiger partial charge in [-0.15, -0.1) is 0 Å². The zero-order chi connectivity index (χ0) is 16.9. The largest absolute Gasteiger partial charge is 0.379 e. The topological polar surface area (TPSA) is 24.1 Å². The summed E-state index contributed by atoms with van der Waals surface area (Å²) < 4.78 is 3.20. The first-order chi connectivity index (χ1) is 11.6. The summed E-state index contributed by atoms with van der Waals surface area (Å²) in [7, 11) is 0. The predicted molar refractivity (Wildman–Crippen MR) is 113 cm³/mol. The summed E-state index contributed by atoms with van der Waals surface area (Å²) in [5, 5.41) is 6.97. The van der Waals surface area contributed by atoms with Crippen LogP contribution in [-0.4, -0.2) is 0 Å². The van der Waals surface area contributed by atoms with Crippen LogP contribution < -0.4 is 10.6 Å². The molecule has 3 aromatic rings. The van der Waals surface area contributed by atoms with Crippen LogP contribution in [0.15, 0.2) is 80.1 Å². The van der Waals surface area contributed by atoms with Crippen molar-refractivity contribution in [3.63, 3.8) is 0 Å². The molecule has 0 atom stereocenters. The summed E-state index contributed by atoms with van der Waals surface area (Å²) in [6.07, 6.45) is 0. The van der Waals surface area contributed by atoms with E-state index in [0.29, 0.717) is 0 Å². The normalized spacial score (nSPS) is 10.5. The summed E-state index contributed by atoms with van der Waals surface area (Å²) in [5.74, 6) is 0. The molecule has 0 unspecified atom stereocenters. The monoisotopic (exact) mass is 508 g/mol. The lowest BCUT2D eigenvalue weighted by Crippen LogP contribution is -2.02. The van der Waals surface area contributed by atoms with Gasteiger partial charge in [-0.25, -0.2) is 0 Å². The van der Waals surface area contributed by atoms with Crippen molar-refractivity contribution >= 4 is 64.9 Å². The predicted octanol–water partition coefficient (Wildman–Crippen LogP) is 7.33. The summed E-state index contributed by atoms with van der Waals surface area (Å²) in [4.78, 5) is 0. The van der Waals surface area contributed by atoms with Crippen molar-refractivity contribution in [2.75, 3.05) is 10.6 Å². The zero-order valence-corrected chi connectivity index (χ0v) is 17.4. The van der Waals surface area contributed by atoms with Crippen LogP contribution in [0.2, 0.25) is 0 Å². The van der Waals surface area contributed by atoms with Gasteiger partial charge in [0.15, 0.2) is 0 Å². The number of rotatable bonds is 5. The maximum atomic E-state index is 3.55. The first-order valence-corrected chi connectivity index (χ1v) is 9.78. The minimum absolute atomic E-state index is 0.763. The van der Waals surface area contributed by atoms with Gasteiger partial charge in [-0.05, 0) is 60.2 Å². The maximum absolute atomic E-state index is 3.55. The lowest BCUT2D eigenvalue weighted by atomic mass is 10.2. The molecule has 2 nitrogen and oxygen atoms in total. The molecule has 2 N–H and O–H groups in total. The average Bonchev–Trinajstić information content (AvgIpc) is 2.58. The summed E-state index contributed by atoms with van der Waals surface area (Å²) in [6, 6.07) is 22.6. The molecule has 3 aromatic carbocycles. The lowest BCUT2D eigenvalue weighted by molar-refractivity contribution is 1.15. The first-order valence-electron chi connectivity index (χ1n) is 7.40. The highest BCUT2D eigenvalue weighted by atomic mass is 79.9. The van der Waals surface area contributed by atoms with E-state index in [1.165, 1.54) is 5.56 Å². The van der Waals surface area contributed by atoms with Gasteiger partial charge in [0, 0.05) is 25.7 Å². The van der Waals surface area contributed by atoms with Crippen LogP contribution >= 0.6 is 47.8 Å². The molecule has 0 aliphatic rings. The molecule has 0 aromatic heterocycles. The van der Waals surface area contributed by atoms with Gasteiger partial charge in [0.2, 0.25) is 0 Å². The van der Waals surface area contributed by atoms with Crippen LogP contribution in [0, 0.1) is 0 Å². The Kier molecular flexibility index (Phi) is 5.98. The van der Waals surface area contributed by atoms with Gasteiger partial charge in [-0.3, -0.25) is 0 Å². The van der Waals surface area contributed by atoms with Crippen LogP contribution in [0.1, 0.15) is 5.56 Å². The van der Waals surface area contributed by atoms with Crippen LogP contribution in [0.25, 0.3) is 0 Å². The third-order valence-electron chi connectivity index (χ3n) is 3.50. The highest BCUT2D eigenvalue weighted by Gasteiger charge is 2.04. The molecule has 0 saturated carbocycles.